The number of terminal acetylenes is 1. The molecule has 1 amide bonds. The molecule has 3 heteroatoms. The Kier molecular flexibility index (Phi) is 2.96. The van der Waals surface area contributed by atoms with Crippen molar-refractivity contribution in [2.45, 2.75) is 38.1 Å². The zero-order valence-electron chi connectivity index (χ0n) is 8.74. The number of hydrogen-bond donors (Lipinski definition) is 0. The second-order valence-electron chi connectivity index (χ2n) is 3.93. The molecule has 0 unspecified atom stereocenters. The lowest BCUT2D eigenvalue weighted by molar-refractivity contribution is 0.163. The van der Waals surface area contributed by atoms with Gasteiger partial charge in [-0.25, -0.2) is 4.79 Å². The van der Waals surface area contributed by atoms with Crippen LogP contribution in [0.4, 0.5) is 4.79 Å². The maximum atomic E-state index is 11.5. The molecule has 15 heavy (non-hydrogen) atoms. The smallest absolute Gasteiger partial charge is 0.414 e. The number of fused-ring (bicyclic) bond motifs is 1. The van der Waals surface area contributed by atoms with Crippen LogP contribution in [0, 0.1) is 12.3 Å². The normalized spacial score (nSPS) is 24.2. The number of hydrogen-bond acceptors (Lipinski definition) is 2. The lowest BCUT2D eigenvalue weighted by atomic mass is 10.0. The van der Waals surface area contributed by atoms with Crippen LogP contribution in [0.5, 0.6) is 0 Å². The first kappa shape index (κ1) is 10.1. The number of carbonyl (C=O) groups excluding carboxylic acids is 1. The van der Waals surface area contributed by atoms with Gasteiger partial charge in [-0.05, 0) is 25.7 Å². The lowest BCUT2D eigenvalue weighted by Gasteiger charge is -2.27. The number of rotatable bonds is 3. The molecule has 1 fully saturated rings. The third-order valence-electron chi connectivity index (χ3n) is 2.90. The SMILES string of the molecule is C#CCCCC1=CCC[C@H]2COC(=O)N12. The van der Waals surface area contributed by atoms with Gasteiger partial charge in [0.15, 0.2) is 0 Å². The van der Waals surface area contributed by atoms with Gasteiger partial charge in [0.2, 0.25) is 0 Å². The van der Waals surface area contributed by atoms with Crippen LogP contribution in [-0.4, -0.2) is 23.6 Å². The van der Waals surface area contributed by atoms with E-state index in [-0.39, 0.29) is 12.1 Å². The van der Waals surface area contributed by atoms with E-state index in [0.717, 1.165) is 37.8 Å². The molecule has 0 spiro atoms. The topological polar surface area (TPSA) is 29.5 Å². The van der Waals surface area contributed by atoms with Gasteiger partial charge in [0, 0.05) is 12.1 Å². The summed E-state index contributed by atoms with van der Waals surface area (Å²) in [5.74, 6) is 2.62. The third kappa shape index (κ3) is 1.99. The Labute approximate surface area is 90.1 Å². The Balaban J connectivity index is 2.00. The summed E-state index contributed by atoms with van der Waals surface area (Å²) in [7, 11) is 0. The van der Waals surface area contributed by atoms with E-state index in [1.54, 1.807) is 4.90 Å². The summed E-state index contributed by atoms with van der Waals surface area (Å²) in [6, 6.07) is 0.267. The van der Waals surface area contributed by atoms with E-state index in [1.807, 2.05) is 0 Å². The van der Waals surface area contributed by atoms with Crippen molar-refractivity contribution in [1.29, 1.82) is 0 Å². The Morgan fingerprint density at radius 2 is 2.53 bits per heavy atom. The zero-order valence-corrected chi connectivity index (χ0v) is 8.74. The van der Waals surface area contributed by atoms with Crippen molar-refractivity contribution in [2.24, 2.45) is 0 Å². The molecule has 0 radical (unpaired) electrons. The molecular formula is C12H15NO2. The largest absolute Gasteiger partial charge is 0.447 e. The van der Waals surface area contributed by atoms with Crippen LogP contribution in [0.25, 0.3) is 0 Å². The summed E-state index contributed by atoms with van der Waals surface area (Å²) in [6.45, 7) is 0.547. The molecule has 2 rings (SSSR count). The van der Waals surface area contributed by atoms with E-state index >= 15 is 0 Å². The fourth-order valence-corrected chi connectivity index (χ4v) is 2.16. The van der Waals surface area contributed by atoms with Crippen LogP contribution >= 0.6 is 0 Å². The number of unbranched alkanes of at least 4 members (excludes halogenated alkanes) is 1. The van der Waals surface area contributed by atoms with Gasteiger partial charge in [-0.15, -0.1) is 12.3 Å². The highest BCUT2D eigenvalue weighted by molar-refractivity contribution is 5.72. The Bertz CT molecular complexity index is 327. The number of allylic oxidation sites excluding steroid dienone is 2. The molecule has 0 bridgehead atoms. The average Bonchev–Trinajstić information content (AvgIpc) is 2.62. The minimum Gasteiger partial charge on any atom is -0.447 e. The predicted molar refractivity (Wildman–Crippen MR) is 57.0 cm³/mol. The highest BCUT2D eigenvalue weighted by atomic mass is 16.6. The van der Waals surface area contributed by atoms with E-state index < -0.39 is 0 Å². The van der Waals surface area contributed by atoms with Crippen LogP contribution in [-0.2, 0) is 4.74 Å². The van der Waals surface area contributed by atoms with E-state index in [9.17, 15) is 4.79 Å². The summed E-state index contributed by atoms with van der Waals surface area (Å²) in [6.07, 6.45) is 11.8. The molecule has 0 aromatic heterocycles. The second-order valence-corrected chi connectivity index (χ2v) is 3.93. The highest BCUT2D eigenvalue weighted by Gasteiger charge is 2.36. The first-order chi connectivity index (χ1) is 7.33. The van der Waals surface area contributed by atoms with Gasteiger partial charge in [-0.3, -0.25) is 4.90 Å². The van der Waals surface area contributed by atoms with Crippen molar-refractivity contribution >= 4 is 6.09 Å². The van der Waals surface area contributed by atoms with E-state index in [4.69, 9.17) is 11.2 Å². The molecule has 2 aliphatic rings. The van der Waals surface area contributed by atoms with Crippen molar-refractivity contribution in [3.8, 4) is 12.3 Å². The van der Waals surface area contributed by atoms with Gasteiger partial charge < -0.3 is 4.74 Å². The summed E-state index contributed by atoms with van der Waals surface area (Å²) in [5.41, 5.74) is 1.10. The first-order valence-corrected chi connectivity index (χ1v) is 5.41. The summed E-state index contributed by atoms with van der Waals surface area (Å²) in [4.78, 5) is 13.3. The molecule has 3 nitrogen and oxygen atoms in total. The average molecular weight is 205 g/mol. The van der Waals surface area contributed by atoms with E-state index in [2.05, 4.69) is 12.0 Å². The Morgan fingerprint density at radius 3 is 3.33 bits per heavy atom. The van der Waals surface area contributed by atoms with Crippen LogP contribution in [0.2, 0.25) is 0 Å². The highest BCUT2D eigenvalue weighted by Crippen LogP contribution is 2.29. The van der Waals surface area contributed by atoms with Crippen LogP contribution in [0.15, 0.2) is 11.8 Å². The zero-order chi connectivity index (χ0) is 10.7. The van der Waals surface area contributed by atoms with Crippen LogP contribution in [0.1, 0.15) is 32.1 Å². The lowest BCUT2D eigenvalue weighted by Crippen LogP contribution is -2.35. The number of cyclic esters (lactones) is 1. The van der Waals surface area contributed by atoms with E-state index in [0.29, 0.717) is 6.61 Å². The fourth-order valence-electron chi connectivity index (χ4n) is 2.16. The quantitative estimate of drug-likeness (QED) is 0.522. The molecule has 2 heterocycles. The number of nitrogens with zero attached hydrogens (tertiary/aromatic N) is 1. The maximum absolute atomic E-state index is 11.5. The standard InChI is InChI=1S/C12H15NO2/c1-2-3-4-6-10-7-5-8-11-9-15-12(14)13(10)11/h1,7,11H,3-6,8-9H2/t11-/m0/s1. The van der Waals surface area contributed by atoms with Gasteiger partial charge in [0.1, 0.15) is 6.61 Å². The summed E-state index contributed by atoms with van der Waals surface area (Å²) >= 11 is 0. The van der Waals surface area contributed by atoms with Crippen molar-refractivity contribution < 1.29 is 9.53 Å². The van der Waals surface area contributed by atoms with E-state index in [1.165, 1.54) is 0 Å². The molecule has 1 saturated heterocycles. The Morgan fingerprint density at radius 1 is 1.67 bits per heavy atom. The van der Waals surface area contributed by atoms with Crippen molar-refractivity contribution in [3.63, 3.8) is 0 Å². The molecule has 1 atom stereocenters. The molecule has 0 aliphatic carbocycles. The summed E-state index contributed by atoms with van der Waals surface area (Å²) < 4.78 is 5.04. The summed E-state index contributed by atoms with van der Waals surface area (Å²) in [5, 5.41) is 0. The molecule has 0 N–H and O–H groups in total. The molecular weight excluding hydrogens is 190 g/mol. The van der Waals surface area contributed by atoms with Gasteiger partial charge >= 0.3 is 6.09 Å². The minimum absolute atomic E-state index is 0.188. The Hall–Kier alpha value is -1.43. The molecule has 0 aromatic carbocycles. The second kappa shape index (κ2) is 4.39. The molecule has 0 aromatic rings. The van der Waals surface area contributed by atoms with Gasteiger partial charge in [-0.1, -0.05) is 6.08 Å². The monoisotopic (exact) mass is 205 g/mol. The number of amides is 1. The predicted octanol–water partition coefficient (Wildman–Crippen LogP) is 2.29. The van der Waals surface area contributed by atoms with Gasteiger partial charge in [0.05, 0.1) is 6.04 Å². The molecule has 80 valence electrons. The number of carbonyl (C=O) groups is 1. The van der Waals surface area contributed by atoms with Crippen LogP contribution in [0.3, 0.4) is 0 Å². The number of ether oxygens (including phenoxy) is 1. The van der Waals surface area contributed by atoms with Crippen molar-refractivity contribution in [3.05, 3.63) is 11.8 Å². The molecule has 2 aliphatic heterocycles. The fraction of sp³-hybridized carbons (Fsp3) is 0.583. The van der Waals surface area contributed by atoms with Crippen molar-refractivity contribution in [1.82, 2.24) is 4.90 Å². The van der Waals surface area contributed by atoms with Crippen molar-refractivity contribution in [2.75, 3.05) is 6.61 Å². The van der Waals surface area contributed by atoms with Crippen LogP contribution < -0.4 is 0 Å². The van der Waals surface area contributed by atoms with Gasteiger partial charge in [0.25, 0.3) is 0 Å². The molecule has 0 saturated carbocycles. The third-order valence-corrected chi connectivity index (χ3v) is 2.90. The van der Waals surface area contributed by atoms with Gasteiger partial charge in [-0.2, -0.15) is 0 Å². The first-order valence-electron chi connectivity index (χ1n) is 5.41. The minimum atomic E-state index is -0.188. The maximum Gasteiger partial charge on any atom is 0.414 e.